The number of thioether (sulfide) groups is 3. The van der Waals surface area contributed by atoms with Gasteiger partial charge in [0.25, 0.3) is 0 Å². The molecule has 0 spiro atoms. The Morgan fingerprint density at radius 1 is 0.400 bits per heavy atom. The quantitative estimate of drug-likeness (QED) is 0.0729. The lowest BCUT2D eigenvalue weighted by Gasteiger charge is -2.04. The molecule has 80 heavy (non-hydrogen) atoms. The molecule has 0 atom stereocenters. The van der Waals surface area contributed by atoms with E-state index in [1.54, 1.807) is 18.4 Å². The molecule has 0 saturated heterocycles. The van der Waals surface area contributed by atoms with Gasteiger partial charge in [0, 0.05) is 49.7 Å². The molecule has 424 valence electrons. The fourth-order valence-corrected chi connectivity index (χ4v) is 6.65. The third kappa shape index (κ3) is 24.3. The Bertz CT molecular complexity index is 3280. The Balaban J connectivity index is 0.000000330. The number of esters is 5. The van der Waals surface area contributed by atoms with Crippen molar-refractivity contribution in [2.75, 3.05) is 66.8 Å². The largest absolute Gasteiger partial charge is 0.477 e. The van der Waals surface area contributed by atoms with Crippen LogP contribution in [0, 0.1) is 0 Å². The maximum atomic E-state index is 11.3. The molecule has 7 rings (SSSR count). The molecule has 34 heteroatoms. The van der Waals surface area contributed by atoms with E-state index in [-0.39, 0.29) is 50.5 Å². The minimum absolute atomic E-state index is 0.0318. The molecule has 0 radical (unpaired) electrons. The molecule has 0 aliphatic carbocycles. The van der Waals surface area contributed by atoms with Gasteiger partial charge in [-0.05, 0) is 67.3 Å². The van der Waals surface area contributed by atoms with Crippen molar-refractivity contribution in [2.45, 2.75) is 25.8 Å². The van der Waals surface area contributed by atoms with Crippen molar-refractivity contribution in [2.24, 2.45) is 0 Å². The van der Waals surface area contributed by atoms with Crippen molar-refractivity contribution in [3.8, 4) is 11.8 Å². The van der Waals surface area contributed by atoms with Crippen LogP contribution in [-0.2, 0) is 43.4 Å². The second-order valence-electron chi connectivity index (χ2n) is 13.7. The van der Waals surface area contributed by atoms with E-state index in [1.807, 2.05) is 30.7 Å². The summed E-state index contributed by atoms with van der Waals surface area (Å²) in [6.07, 6.45) is 15.7. The highest BCUT2D eigenvalue weighted by Gasteiger charge is 2.17. The van der Waals surface area contributed by atoms with Crippen LogP contribution in [0.2, 0.25) is 0 Å². The summed E-state index contributed by atoms with van der Waals surface area (Å²) >= 11 is 4.08. The average Bonchev–Trinajstić information content (AvgIpc) is 3.49. The van der Waals surface area contributed by atoms with Gasteiger partial charge in [-0.1, -0.05) is 53.5 Å². The molecule has 1 N–H and O–H groups in total. The van der Waals surface area contributed by atoms with Crippen LogP contribution in [0.4, 0.5) is 0 Å². The molecule has 29 nitrogen and oxygen atoms in total. The molecule has 6 heterocycles. The van der Waals surface area contributed by atoms with Gasteiger partial charge >= 0.3 is 41.8 Å². The van der Waals surface area contributed by atoms with Gasteiger partial charge in [0.2, 0.25) is 30.0 Å². The van der Waals surface area contributed by atoms with Gasteiger partial charge in [0.1, 0.15) is 5.75 Å². The third-order valence-corrected chi connectivity index (χ3v) is 11.6. The first-order valence-electron chi connectivity index (χ1n) is 21.4. The maximum absolute atomic E-state index is 11.3. The van der Waals surface area contributed by atoms with Crippen molar-refractivity contribution in [3.05, 3.63) is 138 Å². The van der Waals surface area contributed by atoms with Crippen LogP contribution < -0.4 is 4.74 Å². The van der Waals surface area contributed by atoms with Crippen LogP contribution in [0.5, 0.6) is 11.8 Å². The monoisotopic (exact) mass is 1200 g/mol. The summed E-state index contributed by atoms with van der Waals surface area (Å²) in [6.45, 7) is 0. The number of methoxy groups -OCH3 is 5. The lowest BCUT2D eigenvalue weighted by atomic mass is 10.3. The summed E-state index contributed by atoms with van der Waals surface area (Å²) in [4.78, 5) is 111. The number of benzene rings is 1. The van der Waals surface area contributed by atoms with Crippen LogP contribution in [0.3, 0.4) is 0 Å². The van der Waals surface area contributed by atoms with Crippen molar-refractivity contribution in [3.63, 3.8) is 0 Å². The van der Waals surface area contributed by atoms with Gasteiger partial charge in [0.05, 0.1) is 35.5 Å². The zero-order chi connectivity index (χ0) is 59.8. The fraction of sp³-hybridized carbons (Fsp3) is 0.217. The lowest BCUT2D eigenvalue weighted by molar-refractivity contribution is 0.0584. The number of carboxylic acid groups (broad SMARTS) is 1. The Kier molecular flexibility index (Phi) is 29.4. The number of aromatic nitrogens is 12. The Labute approximate surface area is 469 Å². The van der Waals surface area contributed by atoms with E-state index in [0.717, 1.165) is 12.5 Å². The standard InChI is InChI=1S/C12H10N2O3.2C7H8N2O4S.2C7H8N2O2S.C6H6N2O2S/c1-16-11(15)10-7-8-13-12(14-10)17-9-5-3-2-4-6-9;2*1-13-6(10)5-3-4-8-7(9-5)14(2,11)12;2*1-11-6(10)5-3-4-8-7(9-5)12-2;1-11-6-7-3-2-4(8-6)5(9)10/h2-8H,1H3;2*3-4H,1-2H3;2*3-4H,1-2H3;2-3H,1H3,(H,9,10). The number of rotatable bonds is 13. The van der Waals surface area contributed by atoms with E-state index in [2.05, 4.69) is 83.5 Å². The van der Waals surface area contributed by atoms with Gasteiger partial charge in [-0.25, -0.2) is 100 Å². The van der Waals surface area contributed by atoms with Crippen molar-refractivity contribution >= 4 is 90.8 Å². The first-order valence-corrected chi connectivity index (χ1v) is 28.8. The second kappa shape index (κ2) is 34.9. The molecule has 0 bridgehead atoms. The highest BCUT2D eigenvalue weighted by Crippen LogP contribution is 2.17. The lowest BCUT2D eigenvalue weighted by Crippen LogP contribution is -2.10. The summed E-state index contributed by atoms with van der Waals surface area (Å²) < 4.78 is 71.8. The topological polar surface area (TPSA) is 401 Å². The first-order chi connectivity index (χ1) is 38.0. The summed E-state index contributed by atoms with van der Waals surface area (Å²) in [5.74, 6) is -3.21. The highest BCUT2D eigenvalue weighted by atomic mass is 32.2. The van der Waals surface area contributed by atoms with Gasteiger partial charge in [-0.2, -0.15) is 4.98 Å². The SMILES string of the molecule is COC(=O)c1ccnc(Oc2ccccc2)n1.COC(=O)c1ccnc(S(C)(=O)=O)n1.COC(=O)c1ccnc(S(C)(=O)=O)n1.COC(=O)c1ccnc(SC)n1.COC(=O)c1ccnc(SC)n1.CSc1nccc(C(=O)O)n1. The number of para-hydroxylation sites is 1. The van der Waals surface area contributed by atoms with Crippen molar-refractivity contribution < 1.29 is 79.1 Å². The summed E-state index contributed by atoms with van der Waals surface area (Å²) in [5, 5.41) is 9.34. The Morgan fingerprint density at radius 2 is 0.688 bits per heavy atom. The van der Waals surface area contributed by atoms with E-state index >= 15 is 0 Å². The van der Waals surface area contributed by atoms with E-state index in [0.29, 0.717) is 21.2 Å². The number of hydrogen-bond acceptors (Lipinski definition) is 31. The van der Waals surface area contributed by atoms with Crippen LogP contribution in [0.1, 0.15) is 62.9 Å². The zero-order valence-electron chi connectivity index (χ0n) is 43.7. The first kappa shape index (κ1) is 67.4. The Hall–Kier alpha value is -8.73. The van der Waals surface area contributed by atoms with E-state index in [1.165, 1.54) is 144 Å². The van der Waals surface area contributed by atoms with Crippen molar-refractivity contribution in [1.29, 1.82) is 0 Å². The molecule has 0 amide bonds. The van der Waals surface area contributed by atoms with Crippen LogP contribution in [0.15, 0.2) is 130 Å². The van der Waals surface area contributed by atoms with Crippen LogP contribution >= 0.6 is 35.3 Å². The smallest absolute Gasteiger partial charge is 0.356 e. The van der Waals surface area contributed by atoms with Gasteiger partial charge in [0.15, 0.2) is 49.6 Å². The van der Waals surface area contributed by atoms with Crippen molar-refractivity contribution in [1.82, 2.24) is 59.8 Å². The number of carbonyl (C=O) groups excluding carboxylic acids is 5. The van der Waals surface area contributed by atoms with E-state index in [4.69, 9.17) is 9.84 Å². The molecule has 0 fully saturated rings. The molecular weight excluding hydrogens is 1150 g/mol. The van der Waals surface area contributed by atoms with Crippen LogP contribution in [-0.4, -0.2) is 184 Å². The normalized spacial score (nSPS) is 10.1. The van der Waals surface area contributed by atoms with Gasteiger partial charge in [-0.3, -0.25) is 0 Å². The van der Waals surface area contributed by atoms with Gasteiger partial charge < -0.3 is 33.5 Å². The predicted molar refractivity (Wildman–Crippen MR) is 284 cm³/mol. The zero-order valence-corrected chi connectivity index (χ0v) is 47.8. The average molecular weight is 1200 g/mol. The summed E-state index contributed by atoms with van der Waals surface area (Å²) in [7, 11) is -0.685. The summed E-state index contributed by atoms with van der Waals surface area (Å²) in [6, 6.07) is 17.6. The highest BCUT2D eigenvalue weighted by molar-refractivity contribution is 7.98. The predicted octanol–water partition coefficient (Wildman–Crippen LogP) is 4.26. The fourth-order valence-electron chi connectivity index (χ4n) is 4.55. The molecule has 0 aliphatic rings. The molecule has 0 aliphatic heterocycles. The van der Waals surface area contributed by atoms with Gasteiger partial charge in [-0.15, -0.1) is 0 Å². The summed E-state index contributed by atoms with van der Waals surface area (Å²) in [5.41, 5.74) is 0.609. The molecule has 7 aromatic rings. The van der Waals surface area contributed by atoms with Crippen LogP contribution in [0.25, 0.3) is 0 Å². The number of sulfone groups is 2. The van der Waals surface area contributed by atoms with E-state index in [9.17, 15) is 45.6 Å². The minimum atomic E-state index is -3.50. The molecular formula is C46H48N12O17S5. The molecule has 0 saturated carbocycles. The Morgan fingerprint density at radius 3 is 1.00 bits per heavy atom. The minimum Gasteiger partial charge on any atom is -0.477 e. The number of hydrogen-bond donors (Lipinski definition) is 1. The molecule has 6 aromatic heterocycles. The number of carboxylic acids is 1. The van der Waals surface area contributed by atoms with E-state index < -0.39 is 55.5 Å². The number of nitrogens with zero attached hydrogens (tertiary/aromatic N) is 12. The molecule has 1 aromatic carbocycles. The maximum Gasteiger partial charge on any atom is 0.356 e. The number of carbonyl (C=O) groups is 6. The third-order valence-electron chi connectivity index (χ3n) is 8.16. The number of ether oxygens (including phenoxy) is 6. The number of aromatic carboxylic acids is 1. The second-order valence-corrected chi connectivity index (χ2v) is 19.8. The molecule has 0 unspecified atom stereocenters.